The maximum atomic E-state index is 13.4. The van der Waals surface area contributed by atoms with Crippen molar-refractivity contribution in [1.29, 1.82) is 0 Å². The van der Waals surface area contributed by atoms with E-state index >= 15 is 0 Å². The Labute approximate surface area is 201 Å². The monoisotopic (exact) mass is 499 g/mol. The lowest BCUT2D eigenvalue weighted by molar-refractivity contribution is -0.123. The van der Waals surface area contributed by atoms with E-state index in [1.165, 1.54) is 21.0 Å². The van der Waals surface area contributed by atoms with E-state index in [-0.39, 0.29) is 22.9 Å². The lowest BCUT2D eigenvalue weighted by Gasteiger charge is -2.25. The van der Waals surface area contributed by atoms with Gasteiger partial charge in [0.15, 0.2) is 11.5 Å². The van der Waals surface area contributed by atoms with Crippen molar-refractivity contribution in [2.24, 2.45) is 0 Å². The van der Waals surface area contributed by atoms with Gasteiger partial charge in [-0.05, 0) is 44.0 Å². The number of sulfonamides is 1. The highest BCUT2D eigenvalue weighted by molar-refractivity contribution is 7.89. The number of para-hydroxylation sites is 1. The third-order valence-electron chi connectivity index (χ3n) is 6.10. The van der Waals surface area contributed by atoms with Gasteiger partial charge in [0.2, 0.25) is 16.0 Å². The Bertz CT molecular complexity index is 1450. The Hall–Kier alpha value is -3.64. The van der Waals surface area contributed by atoms with E-state index in [4.69, 9.17) is 9.47 Å². The molecule has 2 N–H and O–H groups in total. The lowest BCUT2D eigenvalue weighted by atomic mass is 10.2. The van der Waals surface area contributed by atoms with Gasteiger partial charge in [-0.15, -0.1) is 0 Å². The number of carbonyl (C=O) groups is 1. The smallest absolute Gasteiger partial charge is 0.262 e. The molecule has 0 radical (unpaired) electrons. The van der Waals surface area contributed by atoms with E-state index in [0.29, 0.717) is 55.0 Å². The molecular formula is C23H25N5O6S. The van der Waals surface area contributed by atoms with Gasteiger partial charge in [0.25, 0.3) is 11.5 Å². The van der Waals surface area contributed by atoms with Crippen LogP contribution in [0.4, 0.5) is 5.95 Å². The van der Waals surface area contributed by atoms with Crippen LogP contribution in [0, 0.1) is 0 Å². The second-order valence-corrected chi connectivity index (χ2v) is 10.1. The molecule has 1 saturated heterocycles. The highest BCUT2D eigenvalue weighted by Crippen LogP contribution is 2.34. The first kappa shape index (κ1) is 23.1. The molecule has 0 bridgehead atoms. The van der Waals surface area contributed by atoms with Crippen LogP contribution in [0.5, 0.6) is 11.5 Å². The molecule has 0 unspecified atom stereocenters. The molecule has 1 atom stereocenters. The zero-order valence-electron chi connectivity index (χ0n) is 19.1. The molecule has 35 heavy (non-hydrogen) atoms. The van der Waals surface area contributed by atoms with Crippen molar-refractivity contribution < 1.29 is 22.7 Å². The molecule has 5 rings (SSSR count). The van der Waals surface area contributed by atoms with Crippen molar-refractivity contribution in [3.8, 4) is 11.5 Å². The normalized spacial score (nSPS) is 17.9. The third-order valence-corrected chi connectivity index (χ3v) is 8.01. The predicted molar refractivity (Wildman–Crippen MR) is 128 cm³/mol. The molecular weight excluding hydrogens is 474 g/mol. The molecule has 2 aromatic carbocycles. The number of hydrogen-bond donors (Lipinski definition) is 2. The molecule has 1 fully saturated rings. The number of benzene rings is 2. The molecule has 3 aromatic rings. The van der Waals surface area contributed by atoms with Crippen LogP contribution in [-0.4, -0.2) is 54.0 Å². The van der Waals surface area contributed by atoms with Crippen LogP contribution in [0.3, 0.4) is 0 Å². The molecule has 184 valence electrons. The number of hydrazine groups is 1. The van der Waals surface area contributed by atoms with E-state index in [2.05, 4.69) is 15.8 Å². The summed E-state index contributed by atoms with van der Waals surface area (Å²) in [5.41, 5.74) is 5.52. The Kier molecular flexibility index (Phi) is 6.07. The predicted octanol–water partition coefficient (Wildman–Crippen LogP) is 1.48. The number of aromatic nitrogens is 2. The van der Waals surface area contributed by atoms with E-state index in [0.717, 1.165) is 0 Å². The Morgan fingerprint density at radius 1 is 1.14 bits per heavy atom. The number of nitrogens with one attached hydrogen (secondary N) is 2. The summed E-state index contributed by atoms with van der Waals surface area (Å²) in [5, 5.41) is 0.471. The first-order valence-corrected chi connectivity index (χ1v) is 12.8. The first-order chi connectivity index (χ1) is 16.9. The standard InChI is InChI=1S/C23H25N5O6S/c1-2-27-22(30)16-6-3-4-7-17(16)24-23(27)26-25-21(29)18-8-5-11-28(18)35(31,32)15-9-10-19-20(14-15)34-13-12-33-19/h3-4,6-7,9-10,14,18H,2,5,8,11-13H2,1H3,(H,24,26)(H,25,29)/t18-/m1/s1. The molecule has 0 saturated carbocycles. The second-order valence-electron chi connectivity index (χ2n) is 8.20. The molecule has 0 aliphatic carbocycles. The quantitative estimate of drug-likeness (QED) is 0.488. The summed E-state index contributed by atoms with van der Waals surface area (Å²) in [5.74, 6) is 0.483. The number of ether oxygens (including phenoxy) is 2. The van der Waals surface area contributed by atoms with Crippen molar-refractivity contribution in [2.75, 3.05) is 25.2 Å². The van der Waals surface area contributed by atoms with Gasteiger partial charge in [0, 0.05) is 19.2 Å². The molecule has 0 spiro atoms. The molecule has 1 aromatic heterocycles. The number of amides is 1. The van der Waals surface area contributed by atoms with Gasteiger partial charge in [-0.1, -0.05) is 12.1 Å². The van der Waals surface area contributed by atoms with Gasteiger partial charge in [0.05, 0.1) is 15.8 Å². The Morgan fingerprint density at radius 3 is 2.71 bits per heavy atom. The fourth-order valence-corrected chi connectivity index (χ4v) is 6.04. The van der Waals surface area contributed by atoms with Crippen LogP contribution in [0.1, 0.15) is 19.8 Å². The van der Waals surface area contributed by atoms with Gasteiger partial charge in [-0.25, -0.2) is 13.4 Å². The van der Waals surface area contributed by atoms with Gasteiger partial charge in [-0.3, -0.25) is 25.0 Å². The summed E-state index contributed by atoms with van der Waals surface area (Å²) in [6, 6.07) is 10.5. The zero-order valence-corrected chi connectivity index (χ0v) is 19.9. The minimum Gasteiger partial charge on any atom is -0.486 e. The van der Waals surface area contributed by atoms with E-state index in [1.807, 2.05) is 0 Å². The fraction of sp³-hybridized carbons (Fsp3) is 0.348. The SMILES string of the molecule is CCn1c(NNC(=O)[C@H]2CCCN2S(=O)(=O)c2ccc3c(c2)OCCO3)nc2ccccc2c1=O. The molecule has 2 aliphatic rings. The number of carbonyl (C=O) groups excluding carboxylic acids is 1. The van der Waals surface area contributed by atoms with Crippen LogP contribution in [0.15, 0.2) is 52.2 Å². The fourth-order valence-electron chi connectivity index (χ4n) is 4.37. The molecule has 3 heterocycles. The minimum atomic E-state index is -3.96. The van der Waals surface area contributed by atoms with Crippen LogP contribution in [-0.2, 0) is 21.4 Å². The summed E-state index contributed by atoms with van der Waals surface area (Å²) < 4.78 is 40.3. The van der Waals surface area contributed by atoms with Crippen molar-refractivity contribution in [1.82, 2.24) is 19.3 Å². The summed E-state index contributed by atoms with van der Waals surface area (Å²) in [6.45, 7) is 3.08. The molecule has 11 nitrogen and oxygen atoms in total. The minimum absolute atomic E-state index is 0.0328. The molecule has 2 aliphatic heterocycles. The average molecular weight is 500 g/mol. The van der Waals surface area contributed by atoms with Gasteiger partial charge >= 0.3 is 0 Å². The maximum absolute atomic E-state index is 13.4. The number of nitrogens with zero attached hydrogens (tertiary/aromatic N) is 3. The maximum Gasteiger partial charge on any atom is 0.262 e. The van der Waals surface area contributed by atoms with Crippen LogP contribution < -0.4 is 25.9 Å². The molecule has 1 amide bonds. The number of hydrogen-bond acceptors (Lipinski definition) is 8. The topological polar surface area (TPSA) is 132 Å². The van der Waals surface area contributed by atoms with Crippen LogP contribution >= 0.6 is 0 Å². The third kappa shape index (κ3) is 4.19. The number of rotatable bonds is 6. The van der Waals surface area contributed by atoms with Gasteiger partial charge < -0.3 is 9.47 Å². The van der Waals surface area contributed by atoms with Gasteiger partial charge in [-0.2, -0.15) is 4.31 Å². The lowest BCUT2D eigenvalue weighted by Crippen LogP contribution is -2.48. The van der Waals surface area contributed by atoms with Crippen molar-refractivity contribution in [3.05, 3.63) is 52.8 Å². The highest BCUT2D eigenvalue weighted by atomic mass is 32.2. The Balaban J connectivity index is 1.36. The largest absolute Gasteiger partial charge is 0.486 e. The van der Waals surface area contributed by atoms with Crippen molar-refractivity contribution in [2.45, 2.75) is 37.2 Å². The second kappa shape index (κ2) is 9.19. The van der Waals surface area contributed by atoms with Crippen LogP contribution in [0.2, 0.25) is 0 Å². The number of anilines is 1. The first-order valence-electron chi connectivity index (χ1n) is 11.4. The van der Waals surface area contributed by atoms with E-state index in [1.54, 1.807) is 37.3 Å². The summed E-state index contributed by atoms with van der Waals surface area (Å²) >= 11 is 0. The summed E-state index contributed by atoms with van der Waals surface area (Å²) in [6.07, 6.45) is 0.902. The summed E-state index contributed by atoms with van der Waals surface area (Å²) in [7, 11) is -3.96. The van der Waals surface area contributed by atoms with Gasteiger partial charge in [0.1, 0.15) is 19.3 Å². The van der Waals surface area contributed by atoms with Crippen LogP contribution in [0.25, 0.3) is 10.9 Å². The van der Waals surface area contributed by atoms with E-state index < -0.39 is 22.0 Å². The summed E-state index contributed by atoms with van der Waals surface area (Å²) in [4.78, 5) is 30.3. The highest BCUT2D eigenvalue weighted by Gasteiger charge is 2.40. The zero-order chi connectivity index (χ0) is 24.6. The average Bonchev–Trinajstić information content (AvgIpc) is 3.38. The Morgan fingerprint density at radius 2 is 1.91 bits per heavy atom. The number of fused-ring (bicyclic) bond motifs is 2. The van der Waals surface area contributed by atoms with Crippen molar-refractivity contribution >= 4 is 32.8 Å². The van der Waals surface area contributed by atoms with Crippen molar-refractivity contribution in [3.63, 3.8) is 0 Å². The molecule has 12 heteroatoms. The van der Waals surface area contributed by atoms with E-state index in [9.17, 15) is 18.0 Å².